The number of alkyl halides is 6. The molecule has 0 aromatic heterocycles. The summed E-state index contributed by atoms with van der Waals surface area (Å²) in [6.45, 7) is 0. The van der Waals surface area contributed by atoms with Crippen LogP contribution in [-0.4, -0.2) is 52.3 Å². The van der Waals surface area contributed by atoms with Crippen LogP contribution in [0.5, 0.6) is 0 Å². The molecule has 0 radical (unpaired) electrons. The molecule has 0 aromatic carbocycles. The molecule has 0 bridgehead atoms. The normalized spacial score (nSPS) is 12.4. The van der Waals surface area contributed by atoms with Gasteiger partial charge in [0.25, 0.3) is 0 Å². The average molecular weight is 367 g/mol. The fourth-order valence-corrected chi connectivity index (χ4v) is 8.10. The summed E-state index contributed by atoms with van der Waals surface area (Å²) < 4.78 is 0. The van der Waals surface area contributed by atoms with E-state index in [2.05, 4.69) is 0 Å². The van der Waals surface area contributed by atoms with Gasteiger partial charge < -0.3 is 0 Å². The summed E-state index contributed by atoms with van der Waals surface area (Å²) in [4.78, 5) is 0. The molecule has 0 saturated carbocycles. The van der Waals surface area contributed by atoms with Gasteiger partial charge in [0.2, 0.25) is 0 Å². The first-order valence-electron chi connectivity index (χ1n) is 4.83. The molecule has 0 nitrogen and oxygen atoms in total. The predicted molar refractivity (Wildman–Crippen MR) is 82.6 cm³/mol. The van der Waals surface area contributed by atoms with Crippen molar-refractivity contribution in [3.05, 3.63) is 0 Å². The maximum Gasteiger partial charge on any atom is 0.0302 e. The Balaban J connectivity index is 4.84. The molecule has 0 aromatic rings. The van der Waals surface area contributed by atoms with E-state index in [9.17, 15) is 0 Å². The molecular formula is C9H15Cl6P. The first-order valence-corrected chi connectivity index (χ1v) is 9.58. The second-order valence-corrected chi connectivity index (χ2v) is 8.27. The fourth-order valence-electron chi connectivity index (χ4n) is 1.50. The Bertz CT molecular complexity index is 130. The summed E-state index contributed by atoms with van der Waals surface area (Å²) in [5, 5.41) is 0. The number of rotatable bonds is 9. The van der Waals surface area contributed by atoms with Crippen molar-refractivity contribution in [3.63, 3.8) is 0 Å². The van der Waals surface area contributed by atoms with E-state index >= 15 is 0 Å². The zero-order chi connectivity index (χ0) is 12.6. The van der Waals surface area contributed by atoms with Crippen LogP contribution in [0.1, 0.15) is 0 Å². The van der Waals surface area contributed by atoms with Gasteiger partial charge in [0.15, 0.2) is 0 Å². The Hall–Kier alpha value is 2.17. The van der Waals surface area contributed by atoms with Gasteiger partial charge in [-0.05, 0) is 0 Å². The smallest absolute Gasteiger partial charge is 0.0302 e. The minimum Gasteiger partial charge on any atom is -0.126 e. The van der Waals surface area contributed by atoms with Crippen LogP contribution in [0.15, 0.2) is 0 Å². The van der Waals surface area contributed by atoms with Crippen molar-refractivity contribution in [2.24, 2.45) is 0 Å². The molecule has 0 atom stereocenters. The molecule has 7 heteroatoms. The highest BCUT2D eigenvalue weighted by atomic mass is 35.5. The van der Waals surface area contributed by atoms with E-state index in [0.29, 0.717) is 35.3 Å². The van der Waals surface area contributed by atoms with Crippen molar-refractivity contribution >= 4 is 77.5 Å². The van der Waals surface area contributed by atoms with Gasteiger partial charge in [-0.3, -0.25) is 0 Å². The number of halogens is 6. The fraction of sp³-hybridized carbons (Fsp3) is 1.00. The van der Waals surface area contributed by atoms with Gasteiger partial charge in [-0.25, -0.2) is 0 Å². The van der Waals surface area contributed by atoms with Crippen molar-refractivity contribution in [1.29, 1.82) is 0 Å². The van der Waals surface area contributed by atoms with Crippen LogP contribution in [0.25, 0.3) is 0 Å². The summed E-state index contributed by atoms with van der Waals surface area (Å²) in [5.41, 5.74) is 0.634. The van der Waals surface area contributed by atoms with Crippen LogP contribution in [-0.2, 0) is 0 Å². The van der Waals surface area contributed by atoms with Gasteiger partial charge in [0.1, 0.15) is 0 Å². The zero-order valence-corrected chi connectivity index (χ0v) is 14.1. The quantitative estimate of drug-likeness (QED) is 0.397. The lowest BCUT2D eigenvalue weighted by molar-refractivity contribution is 0.966. The topological polar surface area (TPSA) is 0 Å². The third-order valence-corrected chi connectivity index (χ3v) is 9.49. The Morgan fingerprint density at radius 3 is 0.812 bits per heavy atom. The summed E-state index contributed by atoms with van der Waals surface area (Å²) in [5.74, 6) is 3.02. The van der Waals surface area contributed by atoms with Crippen LogP contribution < -0.4 is 0 Å². The Kier molecular flexibility index (Phi) is 12.5. The van der Waals surface area contributed by atoms with E-state index in [-0.39, 0.29) is 17.0 Å². The van der Waals surface area contributed by atoms with Crippen molar-refractivity contribution in [2.75, 3.05) is 35.3 Å². The molecule has 0 fully saturated rings. The van der Waals surface area contributed by atoms with Gasteiger partial charge in [0.05, 0.1) is 0 Å². The first kappa shape index (κ1) is 18.2. The molecule has 0 N–H and O–H groups in total. The van der Waals surface area contributed by atoms with Crippen LogP contribution >= 0.6 is 77.5 Å². The highest BCUT2D eigenvalue weighted by Gasteiger charge is 2.33. The molecule has 0 spiro atoms. The molecule has 16 heavy (non-hydrogen) atoms. The summed E-state index contributed by atoms with van der Waals surface area (Å²) in [6.07, 6.45) is 0. The molecule has 0 heterocycles. The Morgan fingerprint density at radius 2 is 0.688 bits per heavy atom. The first-order chi connectivity index (χ1) is 7.69. The number of hydrogen-bond acceptors (Lipinski definition) is 0. The second kappa shape index (κ2) is 11.0. The molecule has 0 aliphatic carbocycles. The van der Waals surface area contributed by atoms with E-state index in [0.717, 1.165) is 0 Å². The Labute approximate surface area is 129 Å². The Morgan fingerprint density at radius 1 is 0.500 bits per heavy atom. The van der Waals surface area contributed by atoms with Crippen LogP contribution in [0.4, 0.5) is 0 Å². The predicted octanol–water partition coefficient (Wildman–Crippen LogP) is 5.01. The molecule has 0 rings (SSSR count). The molecule has 0 aliphatic rings. The van der Waals surface area contributed by atoms with Gasteiger partial charge in [-0.15, -0.1) is 69.6 Å². The SMILES string of the molecule is ClCC(CCl)P(C(CCl)CCl)C(CCl)CCl. The van der Waals surface area contributed by atoms with Crippen LogP contribution in [0.3, 0.4) is 0 Å². The highest BCUT2D eigenvalue weighted by Crippen LogP contribution is 2.53. The molecule has 0 aliphatic heterocycles. The minimum absolute atomic E-state index is 0.211. The van der Waals surface area contributed by atoms with Crippen molar-refractivity contribution < 1.29 is 0 Å². The highest BCUT2D eigenvalue weighted by molar-refractivity contribution is 7.60. The van der Waals surface area contributed by atoms with Gasteiger partial charge >= 0.3 is 0 Å². The summed E-state index contributed by atoms with van der Waals surface area (Å²) in [7, 11) is -0.543. The largest absolute Gasteiger partial charge is 0.126 e. The lowest BCUT2D eigenvalue weighted by Gasteiger charge is -2.35. The maximum atomic E-state index is 5.94. The monoisotopic (exact) mass is 364 g/mol. The van der Waals surface area contributed by atoms with Gasteiger partial charge in [-0.2, -0.15) is 0 Å². The summed E-state index contributed by atoms with van der Waals surface area (Å²) >= 11 is 35.6. The maximum absolute atomic E-state index is 5.94. The third kappa shape index (κ3) is 5.43. The van der Waals surface area contributed by atoms with Gasteiger partial charge in [0, 0.05) is 52.3 Å². The average Bonchev–Trinajstić information content (AvgIpc) is 2.33. The van der Waals surface area contributed by atoms with E-state index < -0.39 is 7.92 Å². The molecule has 0 amide bonds. The molecular weight excluding hydrogens is 352 g/mol. The lowest BCUT2D eigenvalue weighted by atomic mass is 10.5. The van der Waals surface area contributed by atoms with E-state index in [1.54, 1.807) is 0 Å². The van der Waals surface area contributed by atoms with Crippen molar-refractivity contribution in [1.82, 2.24) is 0 Å². The zero-order valence-electron chi connectivity index (χ0n) is 8.69. The van der Waals surface area contributed by atoms with Crippen molar-refractivity contribution in [3.8, 4) is 0 Å². The van der Waals surface area contributed by atoms with Crippen LogP contribution in [0, 0.1) is 0 Å². The summed E-state index contributed by atoms with van der Waals surface area (Å²) in [6, 6.07) is 0. The van der Waals surface area contributed by atoms with Crippen LogP contribution in [0.2, 0.25) is 0 Å². The molecule has 0 saturated heterocycles. The standard InChI is InChI=1S/C9H15Cl6P/c10-1-7(2-11)16(8(3-12)4-13)9(5-14)6-15/h7-9H,1-6H2. The van der Waals surface area contributed by atoms with Crippen molar-refractivity contribution in [2.45, 2.75) is 17.0 Å². The molecule has 0 unspecified atom stereocenters. The molecule has 98 valence electrons. The van der Waals surface area contributed by atoms with E-state index in [1.165, 1.54) is 0 Å². The van der Waals surface area contributed by atoms with E-state index in [4.69, 9.17) is 69.6 Å². The van der Waals surface area contributed by atoms with Gasteiger partial charge in [-0.1, -0.05) is 7.92 Å². The second-order valence-electron chi connectivity index (χ2n) is 3.33. The van der Waals surface area contributed by atoms with E-state index in [1.807, 2.05) is 0 Å². The third-order valence-electron chi connectivity index (χ3n) is 2.33. The minimum atomic E-state index is -0.543. The number of hydrogen-bond donors (Lipinski definition) is 0. The lowest BCUT2D eigenvalue weighted by Crippen LogP contribution is -2.29.